The third kappa shape index (κ3) is 1.77. The zero-order valence-corrected chi connectivity index (χ0v) is 9.27. The van der Waals surface area contributed by atoms with Crippen molar-refractivity contribution in [2.24, 2.45) is 5.73 Å². The van der Waals surface area contributed by atoms with Crippen molar-refractivity contribution >= 4 is 16.9 Å². The minimum absolute atomic E-state index is 0.179. The van der Waals surface area contributed by atoms with Gasteiger partial charge < -0.3 is 16.2 Å². The molecule has 84 valence electrons. The first-order valence-corrected chi connectivity index (χ1v) is 4.98. The second-order valence-electron chi connectivity index (χ2n) is 3.64. The van der Waals surface area contributed by atoms with Crippen molar-refractivity contribution in [1.29, 1.82) is 0 Å². The monoisotopic (exact) mass is 218 g/mol. The smallest absolute Gasteiger partial charge is 0.220 e. The molecule has 1 heterocycles. The van der Waals surface area contributed by atoms with E-state index in [1.54, 1.807) is 7.11 Å². The van der Waals surface area contributed by atoms with Gasteiger partial charge in [-0.05, 0) is 19.1 Å². The van der Waals surface area contributed by atoms with E-state index < -0.39 is 0 Å². The highest BCUT2D eigenvalue weighted by Gasteiger charge is 2.10. The molecule has 0 aliphatic carbocycles. The summed E-state index contributed by atoms with van der Waals surface area (Å²) in [4.78, 5) is 8.32. The molecule has 1 aromatic carbocycles. The maximum absolute atomic E-state index is 5.84. The summed E-state index contributed by atoms with van der Waals surface area (Å²) >= 11 is 0. The van der Waals surface area contributed by atoms with E-state index in [4.69, 9.17) is 16.2 Å². The number of nitrogens with zero attached hydrogens (tertiary/aromatic N) is 2. The second-order valence-corrected chi connectivity index (χ2v) is 3.64. The molecule has 0 bridgehead atoms. The SMILES string of the molecule is COc1ccc2c(C(C)N)nc(N)nc2c1. The molecule has 0 saturated heterocycles. The van der Waals surface area contributed by atoms with Crippen LogP contribution in [0.2, 0.25) is 0 Å². The summed E-state index contributed by atoms with van der Waals surface area (Å²) in [5.74, 6) is 0.967. The van der Waals surface area contributed by atoms with Crippen LogP contribution in [0.15, 0.2) is 18.2 Å². The van der Waals surface area contributed by atoms with Crippen LogP contribution >= 0.6 is 0 Å². The van der Waals surface area contributed by atoms with Gasteiger partial charge in [0.05, 0.1) is 18.3 Å². The maximum Gasteiger partial charge on any atom is 0.220 e. The minimum atomic E-state index is -0.179. The van der Waals surface area contributed by atoms with Gasteiger partial charge in [-0.25, -0.2) is 9.97 Å². The van der Waals surface area contributed by atoms with E-state index in [2.05, 4.69) is 9.97 Å². The number of nitrogen functional groups attached to an aromatic ring is 1. The Morgan fingerprint density at radius 2 is 2.06 bits per heavy atom. The summed E-state index contributed by atoms with van der Waals surface area (Å²) in [7, 11) is 1.61. The standard InChI is InChI=1S/C11H14N4O/c1-6(12)10-8-4-3-7(16-2)5-9(8)14-11(13)15-10/h3-6H,12H2,1-2H3,(H2,13,14,15). The number of hydrogen-bond acceptors (Lipinski definition) is 5. The first-order valence-electron chi connectivity index (χ1n) is 4.98. The highest BCUT2D eigenvalue weighted by molar-refractivity contribution is 5.83. The van der Waals surface area contributed by atoms with Gasteiger partial charge in [-0.2, -0.15) is 0 Å². The van der Waals surface area contributed by atoms with Crippen molar-refractivity contribution < 1.29 is 4.74 Å². The van der Waals surface area contributed by atoms with Gasteiger partial charge in [-0.1, -0.05) is 0 Å². The van der Waals surface area contributed by atoms with Gasteiger partial charge in [-0.3, -0.25) is 0 Å². The number of aromatic nitrogens is 2. The Bertz CT molecular complexity index is 525. The number of rotatable bonds is 2. The van der Waals surface area contributed by atoms with Crippen LogP contribution in [0.25, 0.3) is 10.9 Å². The summed E-state index contributed by atoms with van der Waals surface area (Å²) in [6.07, 6.45) is 0. The number of benzene rings is 1. The van der Waals surface area contributed by atoms with Crippen molar-refractivity contribution in [3.63, 3.8) is 0 Å². The van der Waals surface area contributed by atoms with E-state index in [1.807, 2.05) is 25.1 Å². The van der Waals surface area contributed by atoms with Crippen LogP contribution in [0, 0.1) is 0 Å². The molecule has 0 saturated carbocycles. The third-order valence-electron chi connectivity index (χ3n) is 2.38. The molecule has 0 amide bonds. The second kappa shape index (κ2) is 3.94. The lowest BCUT2D eigenvalue weighted by atomic mass is 10.1. The quantitative estimate of drug-likeness (QED) is 0.791. The number of hydrogen-bond donors (Lipinski definition) is 2. The molecule has 4 N–H and O–H groups in total. The molecule has 2 aromatic rings. The van der Waals surface area contributed by atoms with Crippen molar-refractivity contribution in [1.82, 2.24) is 9.97 Å². The van der Waals surface area contributed by atoms with E-state index in [0.29, 0.717) is 0 Å². The molecular weight excluding hydrogens is 204 g/mol. The Labute approximate surface area is 93.4 Å². The number of ether oxygens (including phenoxy) is 1. The van der Waals surface area contributed by atoms with E-state index in [-0.39, 0.29) is 12.0 Å². The first kappa shape index (κ1) is 10.6. The molecule has 1 atom stereocenters. The van der Waals surface area contributed by atoms with Gasteiger partial charge in [0.25, 0.3) is 0 Å². The minimum Gasteiger partial charge on any atom is -0.497 e. The predicted molar refractivity (Wildman–Crippen MR) is 63.1 cm³/mol. The zero-order valence-electron chi connectivity index (χ0n) is 9.27. The van der Waals surface area contributed by atoms with E-state index in [0.717, 1.165) is 22.3 Å². The molecule has 5 heteroatoms. The van der Waals surface area contributed by atoms with Crippen molar-refractivity contribution in [3.05, 3.63) is 23.9 Å². The summed E-state index contributed by atoms with van der Waals surface area (Å²) in [5.41, 5.74) is 13.0. The molecule has 0 fully saturated rings. The van der Waals surface area contributed by atoms with Crippen LogP contribution in [-0.4, -0.2) is 17.1 Å². The van der Waals surface area contributed by atoms with E-state index in [9.17, 15) is 0 Å². The Hall–Kier alpha value is -1.88. The van der Waals surface area contributed by atoms with Gasteiger partial charge in [0.1, 0.15) is 5.75 Å². The zero-order chi connectivity index (χ0) is 11.7. The van der Waals surface area contributed by atoms with Crippen LogP contribution in [0.1, 0.15) is 18.7 Å². The van der Waals surface area contributed by atoms with Crippen molar-refractivity contribution in [2.45, 2.75) is 13.0 Å². The first-order chi connectivity index (χ1) is 7.61. The fraction of sp³-hybridized carbons (Fsp3) is 0.273. The summed E-state index contributed by atoms with van der Waals surface area (Å²) in [6, 6.07) is 5.39. The van der Waals surface area contributed by atoms with Crippen molar-refractivity contribution in [2.75, 3.05) is 12.8 Å². The summed E-state index contributed by atoms with van der Waals surface area (Å²) in [5, 5.41) is 0.907. The molecule has 5 nitrogen and oxygen atoms in total. The van der Waals surface area contributed by atoms with E-state index in [1.165, 1.54) is 0 Å². The number of methoxy groups -OCH3 is 1. The van der Waals surface area contributed by atoms with Gasteiger partial charge in [0, 0.05) is 17.5 Å². The fourth-order valence-electron chi connectivity index (χ4n) is 1.63. The van der Waals surface area contributed by atoms with Crippen LogP contribution < -0.4 is 16.2 Å². The molecule has 2 rings (SSSR count). The van der Waals surface area contributed by atoms with Gasteiger partial charge in [0.15, 0.2) is 0 Å². The van der Waals surface area contributed by atoms with Gasteiger partial charge in [-0.15, -0.1) is 0 Å². The lowest BCUT2D eigenvalue weighted by Gasteiger charge is -2.10. The summed E-state index contributed by atoms with van der Waals surface area (Å²) in [6.45, 7) is 1.87. The normalized spacial score (nSPS) is 12.7. The van der Waals surface area contributed by atoms with Gasteiger partial charge in [0.2, 0.25) is 5.95 Å². The predicted octanol–water partition coefficient (Wildman–Crippen LogP) is 1.24. The number of fused-ring (bicyclic) bond motifs is 1. The maximum atomic E-state index is 5.84. The number of anilines is 1. The lowest BCUT2D eigenvalue weighted by molar-refractivity contribution is 0.415. The Morgan fingerprint density at radius 1 is 1.31 bits per heavy atom. The molecule has 0 aliphatic heterocycles. The van der Waals surface area contributed by atoms with Gasteiger partial charge >= 0.3 is 0 Å². The molecule has 1 unspecified atom stereocenters. The molecule has 16 heavy (non-hydrogen) atoms. The highest BCUT2D eigenvalue weighted by atomic mass is 16.5. The van der Waals surface area contributed by atoms with Crippen LogP contribution in [0.4, 0.5) is 5.95 Å². The molecule has 0 aliphatic rings. The topological polar surface area (TPSA) is 87.0 Å². The molecular formula is C11H14N4O. The van der Waals surface area contributed by atoms with E-state index >= 15 is 0 Å². The molecule has 0 radical (unpaired) electrons. The van der Waals surface area contributed by atoms with Crippen LogP contribution in [-0.2, 0) is 0 Å². The largest absolute Gasteiger partial charge is 0.497 e. The van der Waals surface area contributed by atoms with Crippen molar-refractivity contribution in [3.8, 4) is 5.75 Å². The lowest BCUT2D eigenvalue weighted by Crippen LogP contribution is -2.10. The third-order valence-corrected chi connectivity index (χ3v) is 2.38. The highest BCUT2D eigenvalue weighted by Crippen LogP contribution is 2.24. The van der Waals surface area contributed by atoms with Crippen LogP contribution in [0.3, 0.4) is 0 Å². The Morgan fingerprint density at radius 3 is 2.69 bits per heavy atom. The Balaban J connectivity index is 2.73. The van der Waals surface area contributed by atoms with Crippen LogP contribution in [0.5, 0.6) is 5.75 Å². The molecule has 1 aromatic heterocycles. The number of nitrogens with two attached hydrogens (primary N) is 2. The average molecular weight is 218 g/mol. The fourth-order valence-corrected chi connectivity index (χ4v) is 1.63. The molecule has 0 spiro atoms. The summed E-state index contributed by atoms with van der Waals surface area (Å²) < 4.78 is 5.13. The average Bonchev–Trinajstić information content (AvgIpc) is 2.26. The Kier molecular flexibility index (Phi) is 2.62.